The minimum atomic E-state index is -1.10. The number of carbonyl (C=O) groups is 2. The Morgan fingerprint density at radius 1 is 1.00 bits per heavy atom. The Morgan fingerprint density at radius 2 is 1.71 bits per heavy atom. The van der Waals surface area contributed by atoms with Gasteiger partial charge in [-0.2, -0.15) is 0 Å². The molecule has 0 aliphatic carbocycles. The summed E-state index contributed by atoms with van der Waals surface area (Å²) in [5, 5.41) is 2.81. The second kappa shape index (κ2) is 7.74. The van der Waals surface area contributed by atoms with E-state index in [9.17, 15) is 14.0 Å². The Kier molecular flexibility index (Phi) is 4.90. The normalized spacial score (nSPS) is 19.7. The molecule has 7 heteroatoms. The number of amides is 3. The number of hydrogen-bond acceptors (Lipinski definition) is 3. The molecule has 3 aromatic rings. The molecule has 3 aromatic carbocycles. The van der Waals surface area contributed by atoms with E-state index in [1.807, 2.05) is 54.6 Å². The molecule has 31 heavy (non-hydrogen) atoms. The first-order chi connectivity index (χ1) is 15.1. The van der Waals surface area contributed by atoms with Crippen molar-refractivity contribution in [1.82, 2.24) is 4.90 Å². The number of rotatable bonds is 3. The molecule has 1 N–H and O–H groups in total. The number of thioether (sulfide) groups is 1. The summed E-state index contributed by atoms with van der Waals surface area (Å²) in [5.74, 6) is 0.160. The average Bonchev–Trinajstić information content (AvgIpc) is 3.34. The van der Waals surface area contributed by atoms with Gasteiger partial charge in [-0.15, -0.1) is 11.8 Å². The molecule has 0 aromatic heterocycles. The highest BCUT2D eigenvalue weighted by Crippen LogP contribution is 2.54. The molecular formula is C24H20FN3O2S. The van der Waals surface area contributed by atoms with Crippen LogP contribution in [0.2, 0.25) is 0 Å². The van der Waals surface area contributed by atoms with Crippen LogP contribution in [0.3, 0.4) is 0 Å². The fraction of sp³-hybridized carbons (Fsp3) is 0.167. The number of carbonyl (C=O) groups excluding carboxylic acids is 2. The monoisotopic (exact) mass is 433 g/mol. The van der Waals surface area contributed by atoms with Crippen molar-refractivity contribution in [2.75, 3.05) is 22.5 Å². The number of anilines is 2. The van der Waals surface area contributed by atoms with Crippen LogP contribution < -0.4 is 10.2 Å². The molecule has 2 aliphatic rings. The maximum absolute atomic E-state index is 13.8. The second-order valence-corrected chi connectivity index (χ2v) is 8.76. The van der Waals surface area contributed by atoms with Crippen LogP contribution >= 0.6 is 11.8 Å². The lowest BCUT2D eigenvalue weighted by molar-refractivity contribution is -0.123. The zero-order valence-electron chi connectivity index (χ0n) is 16.6. The lowest BCUT2D eigenvalue weighted by Crippen LogP contribution is -2.51. The maximum atomic E-state index is 13.8. The zero-order valence-corrected chi connectivity index (χ0v) is 17.4. The molecule has 2 aliphatic heterocycles. The van der Waals surface area contributed by atoms with E-state index in [-0.39, 0.29) is 17.8 Å². The summed E-state index contributed by atoms with van der Waals surface area (Å²) >= 11 is 1.48. The van der Waals surface area contributed by atoms with Crippen molar-refractivity contribution >= 4 is 35.1 Å². The first-order valence-electron chi connectivity index (χ1n) is 10.0. The van der Waals surface area contributed by atoms with Gasteiger partial charge in [-0.25, -0.2) is 9.18 Å². The lowest BCUT2D eigenvalue weighted by atomic mass is 10.1. The molecule has 2 heterocycles. The molecule has 0 bridgehead atoms. The first kappa shape index (κ1) is 19.6. The number of nitrogens with zero attached hydrogens (tertiary/aromatic N) is 2. The molecule has 3 amide bonds. The quantitative estimate of drug-likeness (QED) is 0.645. The Morgan fingerprint density at radius 3 is 2.48 bits per heavy atom. The third-order valence-corrected chi connectivity index (χ3v) is 7.04. The van der Waals surface area contributed by atoms with Gasteiger partial charge in [0, 0.05) is 23.5 Å². The van der Waals surface area contributed by atoms with E-state index in [4.69, 9.17) is 0 Å². The van der Waals surface area contributed by atoms with Gasteiger partial charge in [0.1, 0.15) is 5.82 Å². The standard InChI is InChI=1S/C24H20FN3O2S/c25-18-10-12-19(13-11-18)26-23(30)28-14-15-31-24(28)20-8-4-5-9-21(20)27(22(24)29)16-17-6-2-1-3-7-17/h1-13H,14-16H2,(H,26,30)/t24-/m0/s1. The topological polar surface area (TPSA) is 52.7 Å². The predicted octanol–water partition coefficient (Wildman–Crippen LogP) is 4.81. The number of para-hydroxylation sites is 1. The molecular weight excluding hydrogens is 413 g/mol. The molecule has 1 spiro atoms. The first-order valence-corrected chi connectivity index (χ1v) is 11.0. The van der Waals surface area contributed by atoms with Crippen LogP contribution in [0.25, 0.3) is 0 Å². The lowest BCUT2D eigenvalue weighted by Gasteiger charge is -2.33. The third kappa shape index (κ3) is 3.25. The number of nitrogens with one attached hydrogen (secondary N) is 1. The van der Waals surface area contributed by atoms with Crippen molar-refractivity contribution in [2.45, 2.75) is 11.4 Å². The Bertz CT molecular complexity index is 1140. The zero-order chi connectivity index (χ0) is 21.4. The summed E-state index contributed by atoms with van der Waals surface area (Å²) in [6.45, 7) is 0.878. The van der Waals surface area contributed by atoms with Gasteiger partial charge in [-0.05, 0) is 35.9 Å². The van der Waals surface area contributed by atoms with E-state index < -0.39 is 4.87 Å². The van der Waals surface area contributed by atoms with Gasteiger partial charge in [0.25, 0.3) is 5.91 Å². The van der Waals surface area contributed by atoms with Crippen molar-refractivity contribution in [1.29, 1.82) is 0 Å². The van der Waals surface area contributed by atoms with E-state index in [0.717, 1.165) is 16.8 Å². The van der Waals surface area contributed by atoms with Gasteiger partial charge < -0.3 is 10.2 Å². The molecule has 0 radical (unpaired) electrons. The van der Waals surface area contributed by atoms with Crippen LogP contribution in [0.5, 0.6) is 0 Å². The van der Waals surface area contributed by atoms with Gasteiger partial charge in [0.2, 0.25) is 0 Å². The van der Waals surface area contributed by atoms with Crippen molar-refractivity contribution < 1.29 is 14.0 Å². The molecule has 1 atom stereocenters. The van der Waals surface area contributed by atoms with E-state index in [1.165, 1.54) is 36.0 Å². The average molecular weight is 434 g/mol. The van der Waals surface area contributed by atoms with Crippen LogP contribution in [0.4, 0.5) is 20.6 Å². The summed E-state index contributed by atoms with van der Waals surface area (Å²) in [6, 6.07) is 22.7. The Hall–Kier alpha value is -3.32. The fourth-order valence-electron chi connectivity index (χ4n) is 4.22. The van der Waals surface area contributed by atoms with Crippen molar-refractivity contribution in [3.8, 4) is 0 Å². The van der Waals surface area contributed by atoms with Crippen molar-refractivity contribution in [2.24, 2.45) is 0 Å². The van der Waals surface area contributed by atoms with Gasteiger partial charge in [0.15, 0.2) is 4.87 Å². The van der Waals surface area contributed by atoms with Crippen molar-refractivity contribution in [3.63, 3.8) is 0 Å². The molecule has 1 saturated heterocycles. The SMILES string of the molecule is O=C(Nc1ccc(F)cc1)N1CCS[C@@]12C(=O)N(Cc1ccccc1)c1ccccc12. The van der Waals surface area contributed by atoms with E-state index in [1.54, 1.807) is 9.80 Å². The molecule has 0 saturated carbocycles. The highest BCUT2D eigenvalue weighted by molar-refractivity contribution is 8.01. The second-order valence-electron chi connectivity index (χ2n) is 7.48. The van der Waals surface area contributed by atoms with E-state index in [2.05, 4.69) is 5.32 Å². The summed E-state index contributed by atoms with van der Waals surface area (Å²) in [7, 11) is 0. The Labute approximate surface area is 183 Å². The molecule has 5 nitrogen and oxygen atoms in total. The van der Waals surface area contributed by atoms with Crippen LogP contribution in [0.1, 0.15) is 11.1 Å². The fourth-order valence-corrected chi connectivity index (χ4v) is 5.68. The number of hydrogen-bond donors (Lipinski definition) is 1. The van der Waals surface area contributed by atoms with Crippen LogP contribution in [0.15, 0.2) is 78.9 Å². The molecule has 5 rings (SSSR count). The predicted molar refractivity (Wildman–Crippen MR) is 120 cm³/mol. The van der Waals surface area contributed by atoms with Gasteiger partial charge >= 0.3 is 6.03 Å². The minimum absolute atomic E-state index is 0.116. The van der Waals surface area contributed by atoms with Crippen molar-refractivity contribution in [3.05, 3.63) is 95.8 Å². The molecule has 1 fully saturated rings. The smallest absolute Gasteiger partial charge is 0.308 e. The Balaban J connectivity index is 1.50. The summed E-state index contributed by atoms with van der Waals surface area (Å²) in [6.07, 6.45) is 0. The van der Waals surface area contributed by atoms with E-state index >= 15 is 0 Å². The summed E-state index contributed by atoms with van der Waals surface area (Å²) in [5.41, 5.74) is 3.16. The number of urea groups is 1. The van der Waals surface area contributed by atoms with Crippen LogP contribution in [0, 0.1) is 5.82 Å². The van der Waals surface area contributed by atoms with Crippen LogP contribution in [-0.2, 0) is 16.2 Å². The minimum Gasteiger partial charge on any atom is -0.308 e. The summed E-state index contributed by atoms with van der Waals surface area (Å²) < 4.78 is 13.2. The highest BCUT2D eigenvalue weighted by atomic mass is 32.2. The highest BCUT2D eigenvalue weighted by Gasteiger charge is 2.59. The van der Waals surface area contributed by atoms with Gasteiger partial charge in [-0.1, -0.05) is 48.5 Å². The maximum Gasteiger partial charge on any atom is 0.323 e. The number of benzene rings is 3. The molecule has 0 unspecified atom stereocenters. The molecule has 156 valence electrons. The number of fused-ring (bicyclic) bond motifs is 2. The third-order valence-electron chi connectivity index (χ3n) is 5.63. The van der Waals surface area contributed by atoms with E-state index in [0.29, 0.717) is 24.5 Å². The summed E-state index contributed by atoms with van der Waals surface area (Å²) in [4.78, 5) is 29.3. The van der Waals surface area contributed by atoms with Gasteiger partial charge in [0.05, 0.1) is 12.2 Å². The van der Waals surface area contributed by atoms with Gasteiger partial charge in [-0.3, -0.25) is 9.69 Å². The largest absolute Gasteiger partial charge is 0.323 e. The number of halogens is 1. The van der Waals surface area contributed by atoms with Crippen LogP contribution in [-0.4, -0.2) is 29.1 Å².